The fourth-order valence-electron chi connectivity index (χ4n) is 4.73. The Labute approximate surface area is 212 Å². The Kier molecular flexibility index (Phi) is 5.50. The van der Waals surface area contributed by atoms with Crippen LogP contribution in [0.15, 0.2) is 109 Å². The van der Waals surface area contributed by atoms with E-state index in [2.05, 4.69) is 5.32 Å². The lowest BCUT2D eigenvalue weighted by Gasteiger charge is -2.15. The summed E-state index contributed by atoms with van der Waals surface area (Å²) in [4.78, 5) is 16.0. The van der Waals surface area contributed by atoms with Gasteiger partial charge in [-0.15, -0.1) is 0 Å². The number of nitro benzene ring substituents is 1. The van der Waals surface area contributed by atoms with Crippen molar-refractivity contribution in [1.29, 1.82) is 0 Å². The molecule has 37 heavy (non-hydrogen) atoms. The Morgan fingerprint density at radius 1 is 0.865 bits per heavy atom. The number of anilines is 1. The Morgan fingerprint density at radius 3 is 2.49 bits per heavy atom. The normalized spacial score (nSPS) is 11.1. The SMILES string of the molecule is O=[N+]([O-])c1cccc(-c2nc3cccc(-c4c(O)ccc5ccccc45)n3c2NCc2ccccc2)c1. The number of nitrogens with zero attached hydrogens (tertiary/aromatic N) is 3. The standard InChI is InChI=1S/C30H22N4O3/c35-26-17-16-21-10-4-5-13-24(21)28(26)25-14-7-15-27-32-29(22-11-6-12-23(18-22)34(36)37)30(33(25)27)31-19-20-8-2-1-3-9-20/h1-18,31,35H,19H2. The van der Waals surface area contributed by atoms with Crippen LogP contribution in [0.4, 0.5) is 11.5 Å². The summed E-state index contributed by atoms with van der Waals surface area (Å²) in [6.45, 7) is 0.520. The van der Waals surface area contributed by atoms with Gasteiger partial charge in [0, 0.05) is 29.8 Å². The number of hydrogen-bond acceptors (Lipinski definition) is 5. The second-order valence-corrected chi connectivity index (χ2v) is 8.74. The number of fused-ring (bicyclic) bond motifs is 2. The summed E-state index contributed by atoms with van der Waals surface area (Å²) < 4.78 is 1.97. The molecule has 0 spiro atoms. The summed E-state index contributed by atoms with van der Waals surface area (Å²) in [5.74, 6) is 0.841. The van der Waals surface area contributed by atoms with Crippen molar-refractivity contribution >= 4 is 27.9 Å². The predicted molar refractivity (Wildman–Crippen MR) is 146 cm³/mol. The van der Waals surface area contributed by atoms with Gasteiger partial charge >= 0.3 is 0 Å². The maximum atomic E-state index is 11.5. The van der Waals surface area contributed by atoms with Gasteiger partial charge in [-0.2, -0.15) is 0 Å². The van der Waals surface area contributed by atoms with Crippen LogP contribution in [0.5, 0.6) is 5.75 Å². The number of benzene rings is 4. The number of non-ortho nitro benzene ring substituents is 1. The molecule has 0 saturated heterocycles. The number of pyridine rings is 1. The molecule has 0 atom stereocenters. The number of aromatic nitrogens is 2. The third kappa shape index (κ3) is 4.02. The lowest BCUT2D eigenvalue weighted by atomic mass is 10.0. The van der Waals surface area contributed by atoms with Crippen LogP contribution in [0.25, 0.3) is 38.9 Å². The fraction of sp³-hybridized carbons (Fsp3) is 0.0333. The zero-order valence-electron chi connectivity index (χ0n) is 19.7. The Balaban J connectivity index is 1.62. The lowest BCUT2D eigenvalue weighted by Crippen LogP contribution is -2.05. The summed E-state index contributed by atoms with van der Waals surface area (Å²) in [6.07, 6.45) is 0. The highest BCUT2D eigenvalue weighted by Crippen LogP contribution is 2.40. The Morgan fingerprint density at radius 2 is 1.65 bits per heavy atom. The first-order valence-corrected chi connectivity index (χ1v) is 11.9. The van der Waals surface area contributed by atoms with E-state index in [0.717, 1.165) is 22.0 Å². The second-order valence-electron chi connectivity index (χ2n) is 8.74. The quantitative estimate of drug-likeness (QED) is 0.194. The molecular formula is C30H22N4O3. The van der Waals surface area contributed by atoms with E-state index < -0.39 is 4.92 Å². The van der Waals surface area contributed by atoms with Crippen molar-refractivity contribution in [1.82, 2.24) is 9.38 Å². The molecule has 0 aliphatic rings. The van der Waals surface area contributed by atoms with Crippen LogP contribution >= 0.6 is 0 Å². The highest BCUT2D eigenvalue weighted by molar-refractivity contribution is 5.99. The summed E-state index contributed by atoms with van der Waals surface area (Å²) in [7, 11) is 0. The first-order valence-electron chi connectivity index (χ1n) is 11.9. The largest absolute Gasteiger partial charge is 0.507 e. The molecule has 180 valence electrons. The molecule has 7 nitrogen and oxygen atoms in total. The highest BCUT2D eigenvalue weighted by Gasteiger charge is 2.21. The number of aromatic hydroxyl groups is 1. The van der Waals surface area contributed by atoms with E-state index in [9.17, 15) is 15.2 Å². The Bertz CT molecular complexity index is 1780. The van der Waals surface area contributed by atoms with E-state index in [0.29, 0.717) is 34.8 Å². The van der Waals surface area contributed by atoms with E-state index in [1.54, 1.807) is 12.1 Å². The van der Waals surface area contributed by atoms with Crippen molar-refractivity contribution in [3.8, 4) is 28.3 Å². The molecule has 0 aliphatic carbocycles. The van der Waals surface area contributed by atoms with E-state index in [1.807, 2.05) is 89.3 Å². The third-order valence-corrected chi connectivity index (χ3v) is 6.44. The minimum absolute atomic E-state index is 0.00418. The number of rotatable bonds is 6. The molecule has 2 N–H and O–H groups in total. The monoisotopic (exact) mass is 486 g/mol. The van der Waals surface area contributed by atoms with E-state index in [4.69, 9.17) is 4.98 Å². The third-order valence-electron chi connectivity index (χ3n) is 6.44. The molecule has 0 radical (unpaired) electrons. The van der Waals surface area contributed by atoms with E-state index >= 15 is 0 Å². The molecule has 6 rings (SSSR count). The fourth-order valence-corrected chi connectivity index (χ4v) is 4.73. The maximum absolute atomic E-state index is 11.5. The van der Waals surface area contributed by atoms with Gasteiger partial charge in [-0.25, -0.2) is 4.98 Å². The first-order chi connectivity index (χ1) is 18.1. The molecular weight excluding hydrogens is 464 g/mol. The van der Waals surface area contributed by atoms with Gasteiger partial charge in [0.05, 0.1) is 10.6 Å². The molecule has 0 fully saturated rings. The zero-order chi connectivity index (χ0) is 25.4. The van der Waals surface area contributed by atoms with Gasteiger partial charge in [-0.05, 0) is 34.5 Å². The summed E-state index contributed by atoms with van der Waals surface area (Å²) in [5.41, 5.74) is 4.39. The molecule has 0 bridgehead atoms. The van der Waals surface area contributed by atoms with Crippen molar-refractivity contribution in [2.24, 2.45) is 0 Å². The van der Waals surface area contributed by atoms with Crippen LogP contribution in [-0.2, 0) is 6.54 Å². The first kappa shape index (κ1) is 22.3. The average Bonchev–Trinajstić information content (AvgIpc) is 3.31. The van der Waals surface area contributed by atoms with Crippen LogP contribution < -0.4 is 5.32 Å². The van der Waals surface area contributed by atoms with Crippen molar-refractivity contribution in [2.45, 2.75) is 6.54 Å². The van der Waals surface area contributed by atoms with Crippen LogP contribution in [-0.4, -0.2) is 19.4 Å². The molecule has 6 aromatic rings. The molecule has 0 saturated carbocycles. The Hall–Kier alpha value is -5.17. The van der Waals surface area contributed by atoms with Gasteiger partial charge in [-0.3, -0.25) is 14.5 Å². The second kappa shape index (κ2) is 9.13. The number of imidazole rings is 1. The smallest absolute Gasteiger partial charge is 0.270 e. The van der Waals surface area contributed by atoms with E-state index in [1.165, 1.54) is 12.1 Å². The molecule has 0 unspecified atom stereocenters. The lowest BCUT2D eigenvalue weighted by molar-refractivity contribution is -0.384. The number of hydrogen-bond donors (Lipinski definition) is 2. The number of phenolic OH excluding ortho intramolecular Hbond substituents is 1. The molecule has 0 amide bonds. The number of nitro groups is 1. The molecule has 7 heteroatoms. The topological polar surface area (TPSA) is 92.7 Å². The number of phenols is 1. The van der Waals surface area contributed by atoms with Crippen LogP contribution in [0, 0.1) is 10.1 Å². The van der Waals surface area contributed by atoms with Crippen molar-refractivity contribution in [2.75, 3.05) is 5.32 Å². The summed E-state index contributed by atoms with van der Waals surface area (Å²) in [6, 6.07) is 33.7. The van der Waals surface area contributed by atoms with Gasteiger partial charge in [0.1, 0.15) is 22.9 Å². The van der Waals surface area contributed by atoms with Gasteiger partial charge < -0.3 is 10.4 Å². The molecule has 0 aliphatic heterocycles. The predicted octanol–water partition coefficient (Wildman–Crippen LogP) is 7.05. The average molecular weight is 487 g/mol. The minimum Gasteiger partial charge on any atom is -0.507 e. The van der Waals surface area contributed by atoms with E-state index in [-0.39, 0.29) is 11.4 Å². The van der Waals surface area contributed by atoms with Gasteiger partial charge in [0.2, 0.25) is 0 Å². The summed E-state index contributed by atoms with van der Waals surface area (Å²) >= 11 is 0. The molecule has 2 heterocycles. The number of nitrogens with one attached hydrogen (secondary N) is 1. The van der Waals surface area contributed by atoms with Crippen LogP contribution in [0.1, 0.15) is 5.56 Å². The molecule has 4 aromatic carbocycles. The van der Waals surface area contributed by atoms with Crippen LogP contribution in [0.3, 0.4) is 0 Å². The van der Waals surface area contributed by atoms with Gasteiger partial charge in [-0.1, -0.05) is 78.9 Å². The maximum Gasteiger partial charge on any atom is 0.270 e. The minimum atomic E-state index is -0.407. The van der Waals surface area contributed by atoms with Crippen LogP contribution in [0.2, 0.25) is 0 Å². The van der Waals surface area contributed by atoms with Gasteiger partial charge in [0.15, 0.2) is 0 Å². The van der Waals surface area contributed by atoms with Gasteiger partial charge in [0.25, 0.3) is 5.69 Å². The summed E-state index contributed by atoms with van der Waals surface area (Å²) in [5, 5.41) is 27.9. The molecule has 2 aromatic heterocycles. The van der Waals surface area contributed by atoms with Crippen molar-refractivity contribution in [3.63, 3.8) is 0 Å². The zero-order valence-corrected chi connectivity index (χ0v) is 19.7. The highest BCUT2D eigenvalue weighted by atomic mass is 16.6. The van der Waals surface area contributed by atoms with Crippen molar-refractivity contribution in [3.05, 3.63) is 125 Å². The van der Waals surface area contributed by atoms with Crippen molar-refractivity contribution < 1.29 is 10.0 Å².